The van der Waals surface area contributed by atoms with Gasteiger partial charge in [-0.25, -0.2) is 0 Å². The van der Waals surface area contributed by atoms with Gasteiger partial charge in [0.2, 0.25) is 0 Å². The molecule has 0 heterocycles. The van der Waals surface area contributed by atoms with Crippen molar-refractivity contribution in [2.24, 2.45) is 0 Å². The lowest BCUT2D eigenvalue weighted by atomic mass is 10.2. The monoisotopic (exact) mass is 227 g/mol. The zero-order valence-corrected chi connectivity index (χ0v) is 10.3. The minimum atomic E-state index is 0.743. The van der Waals surface area contributed by atoms with Crippen LogP contribution in [0.1, 0.15) is 25.3 Å². The van der Waals surface area contributed by atoms with Crippen LogP contribution in [-0.2, 0) is 0 Å². The molecule has 0 atom stereocenters. The molecule has 0 bridgehead atoms. The molecular weight excluding hydrogens is 210 g/mol. The van der Waals surface area contributed by atoms with Crippen LogP contribution >= 0.6 is 11.6 Å². The van der Waals surface area contributed by atoms with Crippen molar-refractivity contribution in [2.75, 3.05) is 19.0 Å². The van der Waals surface area contributed by atoms with Gasteiger partial charge in [0.1, 0.15) is 5.75 Å². The van der Waals surface area contributed by atoms with E-state index in [1.54, 1.807) is 7.11 Å². The van der Waals surface area contributed by atoms with Gasteiger partial charge in [-0.05, 0) is 25.0 Å². The second-order valence-electron chi connectivity index (χ2n) is 3.58. The number of methoxy groups -OCH3 is 1. The molecule has 0 fully saturated rings. The standard InChI is InChI=1S/C12H18ClNO/c1-4-5-6-14-11-7-9(2)10(13)8-12(11)15-3/h7-8,14H,4-6H2,1-3H3. The maximum Gasteiger partial charge on any atom is 0.143 e. The molecule has 0 radical (unpaired) electrons. The third kappa shape index (κ3) is 3.31. The minimum Gasteiger partial charge on any atom is -0.495 e. The Bertz CT molecular complexity index is 326. The van der Waals surface area contributed by atoms with Gasteiger partial charge in [0.25, 0.3) is 0 Å². The molecule has 15 heavy (non-hydrogen) atoms. The number of hydrogen-bond acceptors (Lipinski definition) is 2. The van der Waals surface area contributed by atoms with E-state index < -0.39 is 0 Å². The summed E-state index contributed by atoms with van der Waals surface area (Å²) in [5.74, 6) is 0.807. The van der Waals surface area contributed by atoms with Crippen LogP contribution in [0.15, 0.2) is 12.1 Å². The molecule has 0 amide bonds. The molecule has 0 aliphatic rings. The molecule has 1 aromatic rings. The lowest BCUT2D eigenvalue weighted by Gasteiger charge is -2.12. The SMILES string of the molecule is CCCCNc1cc(C)c(Cl)cc1OC. The highest BCUT2D eigenvalue weighted by molar-refractivity contribution is 6.31. The van der Waals surface area contributed by atoms with E-state index in [9.17, 15) is 0 Å². The zero-order chi connectivity index (χ0) is 11.3. The van der Waals surface area contributed by atoms with Gasteiger partial charge in [0.05, 0.1) is 12.8 Å². The Morgan fingerprint density at radius 3 is 2.73 bits per heavy atom. The van der Waals surface area contributed by atoms with Crippen molar-refractivity contribution in [1.29, 1.82) is 0 Å². The van der Waals surface area contributed by atoms with Crippen LogP contribution in [0.2, 0.25) is 5.02 Å². The molecule has 0 aromatic heterocycles. The fourth-order valence-corrected chi connectivity index (χ4v) is 1.52. The number of unbranched alkanes of at least 4 members (excludes halogenated alkanes) is 1. The highest BCUT2D eigenvalue weighted by Gasteiger charge is 2.05. The number of anilines is 1. The van der Waals surface area contributed by atoms with E-state index >= 15 is 0 Å². The number of ether oxygens (including phenoxy) is 1. The van der Waals surface area contributed by atoms with Crippen molar-refractivity contribution >= 4 is 17.3 Å². The molecule has 84 valence electrons. The summed E-state index contributed by atoms with van der Waals surface area (Å²) in [4.78, 5) is 0. The van der Waals surface area contributed by atoms with Gasteiger partial charge < -0.3 is 10.1 Å². The number of benzene rings is 1. The molecule has 1 aromatic carbocycles. The average Bonchev–Trinajstić information content (AvgIpc) is 2.23. The van der Waals surface area contributed by atoms with Crippen molar-refractivity contribution in [3.8, 4) is 5.75 Å². The van der Waals surface area contributed by atoms with Crippen LogP contribution in [-0.4, -0.2) is 13.7 Å². The number of rotatable bonds is 5. The van der Waals surface area contributed by atoms with Gasteiger partial charge in [0, 0.05) is 17.6 Å². The molecule has 1 rings (SSSR count). The molecule has 0 unspecified atom stereocenters. The third-order valence-electron chi connectivity index (χ3n) is 2.33. The van der Waals surface area contributed by atoms with E-state index in [0.717, 1.165) is 35.0 Å². The van der Waals surface area contributed by atoms with E-state index in [-0.39, 0.29) is 0 Å². The van der Waals surface area contributed by atoms with E-state index in [2.05, 4.69) is 12.2 Å². The first kappa shape index (κ1) is 12.2. The quantitative estimate of drug-likeness (QED) is 0.772. The van der Waals surface area contributed by atoms with E-state index in [0.29, 0.717) is 0 Å². The Morgan fingerprint density at radius 2 is 2.13 bits per heavy atom. The van der Waals surface area contributed by atoms with Gasteiger partial charge in [0.15, 0.2) is 0 Å². The highest BCUT2D eigenvalue weighted by atomic mass is 35.5. The largest absolute Gasteiger partial charge is 0.495 e. The van der Waals surface area contributed by atoms with Crippen molar-refractivity contribution in [3.63, 3.8) is 0 Å². The predicted octanol–water partition coefficient (Wildman–Crippen LogP) is 3.87. The normalized spacial score (nSPS) is 10.1. The Morgan fingerprint density at radius 1 is 1.40 bits per heavy atom. The van der Waals surface area contributed by atoms with Crippen molar-refractivity contribution in [3.05, 3.63) is 22.7 Å². The Balaban J connectivity index is 2.80. The Labute approximate surface area is 96.6 Å². The summed E-state index contributed by atoms with van der Waals surface area (Å²) in [6.07, 6.45) is 2.34. The van der Waals surface area contributed by atoms with E-state index in [1.165, 1.54) is 6.42 Å². The lowest BCUT2D eigenvalue weighted by Crippen LogP contribution is -2.03. The fourth-order valence-electron chi connectivity index (χ4n) is 1.37. The summed E-state index contributed by atoms with van der Waals surface area (Å²) in [5, 5.41) is 4.09. The van der Waals surface area contributed by atoms with Gasteiger partial charge in [-0.15, -0.1) is 0 Å². The third-order valence-corrected chi connectivity index (χ3v) is 2.73. The second kappa shape index (κ2) is 5.86. The first-order valence-corrected chi connectivity index (χ1v) is 5.64. The predicted molar refractivity (Wildman–Crippen MR) is 66.1 cm³/mol. The van der Waals surface area contributed by atoms with Crippen LogP contribution in [0.25, 0.3) is 0 Å². The van der Waals surface area contributed by atoms with Crippen LogP contribution in [0.4, 0.5) is 5.69 Å². The van der Waals surface area contributed by atoms with Gasteiger partial charge in [-0.1, -0.05) is 24.9 Å². The number of halogens is 1. The van der Waals surface area contributed by atoms with Crippen molar-refractivity contribution < 1.29 is 4.74 Å². The highest BCUT2D eigenvalue weighted by Crippen LogP contribution is 2.30. The van der Waals surface area contributed by atoms with Crippen molar-refractivity contribution in [1.82, 2.24) is 0 Å². The fraction of sp³-hybridized carbons (Fsp3) is 0.500. The maximum atomic E-state index is 6.02. The molecule has 2 nitrogen and oxygen atoms in total. The first-order valence-electron chi connectivity index (χ1n) is 5.27. The van der Waals surface area contributed by atoms with Gasteiger partial charge in [-0.3, -0.25) is 0 Å². The van der Waals surface area contributed by atoms with Crippen LogP contribution in [0, 0.1) is 6.92 Å². The number of nitrogens with one attached hydrogen (secondary N) is 1. The lowest BCUT2D eigenvalue weighted by molar-refractivity contribution is 0.416. The first-order chi connectivity index (χ1) is 7.19. The Kier molecular flexibility index (Phi) is 4.76. The summed E-state index contributed by atoms with van der Waals surface area (Å²) in [6.45, 7) is 5.13. The number of hydrogen-bond donors (Lipinski definition) is 1. The molecule has 0 saturated heterocycles. The Hall–Kier alpha value is -0.890. The summed E-state index contributed by atoms with van der Waals surface area (Å²) in [5.41, 5.74) is 2.09. The number of aryl methyl sites for hydroxylation is 1. The zero-order valence-electron chi connectivity index (χ0n) is 9.56. The average molecular weight is 228 g/mol. The molecule has 0 spiro atoms. The summed E-state index contributed by atoms with van der Waals surface area (Å²) in [6, 6.07) is 3.88. The van der Waals surface area contributed by atoms with Gasteiger partial charge >= 0.3 is 0 Å². The van der Waals surface area contributed by atoms with Crippen LogP contribution < -0.4 is 10.1 Å². The molecule has 0 aliphatic heterocycles. The molecule has 0 aliphatic carbocycles. The minimum absolute atomic E-state index is 0.743. The van der Waals surface area contributed by atoms with E-state index in [1.807, 2.05) is 19.1 Å². The smallest absolute Gasteiger partial charge is 0.143 e. The maximum absolute atomic E-state index is 6.02. The summed E-state index contributed by atoms with van der Waals surface area (Å²) < 4.78 is 5.26. The topological polar surface area (TPSA) is 21.3 Å². The molecular formula is C12H18ClNO. The molecule has 3 heteroatoms. The summed E-state index contributed by atoms with van der Waals surface area (Å²) in [7, 11) is 1.66. The molecule has 0 saturated carbocycles. The van der Waals surface area contributed by atoms with Crippen molar-refractivity contribution in [2.45, 2.75) is 26.7 Å². The molecule has 1 N–H and O–H groups in total. The van der Waals surface area contributed by atoms with Gasteiger partial charge in [-0.2, -0.15) is 0 Å². The van der Waals surface area contributed by atoms with Crippen LogP contribution in [0.3, 0.4) is 0 Å². The summed E-state index contributed by atoms with van der Waals surface area (Å²) >= 11 is 6.02. The second-order valence-corrected chi connectivity index (χ2v) is 3.99. The van der Waals surface area contributed by atoms with Crippen LogP contribution in [0.5, 0.6) is 5.75 Å². The van der Waals surface area contributed by atoms with E-state index in [4.69, 9.17) is 16.3 Å².